The lowest BCUT2D eigenvalue weighted by Crippen LogP contribution is -2.23. The van der Waals surface area contributed by atoms with Gasteiger partial charge in [-0.15, -0.1) is 0 Å². The largest absolute Gasteiger partial charge is 0.300 e. The van der Waals surface area contributed by atoms with E-state index in [1.54, 1.807) is 6.42 Å². The van der Waals surface area contributed by atoms with E-state index in [4.69, 9.17) is 0 Å². The van der Waals surface area contributed by atoms with E-state index in [2.05, 4.69) is 9.80 Å². The summed E-state index contributed by atoms with van der Waals surface area (Å²) in [7, 11) is 0. The van der Waals surface area contributed by atoms with Crippen molar-refractivity contribution in [1.29, 1.82) is 0 Å². The summed E-state index contributed by atoms with van der Waals surface area (Å²) in [6, 6.07) is 3.33. The highest BCUT2D eigenvalue weighted by molar-refractivity contribution is 5.48. The summed E-state index contributed by atoms with van der Waals surface area (Å²) >= 11 is 0. The van der Waals surface area contributed by atoms with Crippen LogP contribution in [0, 0.1) is 11.3 Å². The Labute approximate surface area is 66.1 Å². The van der Waals surface area contributed by atoms with E-state index >= 15 is 0 Å². The van der Waals surface area contributed by atoms with Crippen LogP contribution in [0.4, 0.5) is 0 Å². The second-order valence-corrected chi connectivity index (χ2v) is 5.19. The van der Waals surface area contributed by atoms with Gasteiger partial charge in [0.15, 0.2) is 0 Å². The first-order valence-corrected chi connectivity index (χ1v) is 4.92. The van der Waals surface area contributed by atoms with Gasteiger partial charge in [-0.05, 0) is 12.3 Å². The van der Waals surface area contributed by atoms with Gasteiger partial charge in [-0.1, -0.05) is 0 Å². The average Bonchev–Trinajstić information content (AvgIpc) is 2.77. The number of rotatable bonds is 2. The lowest BCUT2D eigenvalue weighted by molar-refractivity contribution is 0.363. The molecule has 6 fully saturated rings. The maximum Gasteiger partial charge on any atom is 0.0424 e. The topological polar surface area (TPSA) is 6.02 Å². The molecule has 0 amide bonds. The highest BCUT2D eigenvalue weighted by Gasteiger charge is 2.94. The Balaban J connectivity index is 1.54. The van der Waals surface area contributed by atoms with Gasteiger partial charge < -0.3 is 4.90 Å². The highest BCUT2D eigenvalue weighted by Crippen LogP contribution is 2.84. The van der Waals surface area contributed by atoms with Crippen LogP contribution < -0.4 is 0 Å². The first kappa shape index (κ1) is 4.83. The SMILES string of the molecule is C1CN1CC12CC1C1C3C2N13. The van der Waals surface area contributed by atoms with Gasteiger partial charge in [0.05, 0.1) is 0 Å². The molecule has 6 atom stereocenters. The maximum atomic E-state index is 2.75. The van der Waals surface area contributed by atoms with E-state index < -0.39 is 0 Å². The predicted molar refractivity (Wildman–Crippen MR) is 40.2 cm³/mol. The molecule has 2 heteroatoms. The molecule has 58 valence electrons. The van der Waals surface area contributed by atoms with Crippen molar-refractivity contribution >= 4 is 0 Å². The molecule has 2 aliphatic carbocycles. The molecular weight excluding hydrogens is 136 g/mol. The van der Waals surface area contributed by atoms with Gasteiger partial charge in [-0.2, -0.15) is 0 Å². The third kappa shape index (κ3) is 0.338. The lowest BCUT2D eigenvalue weighted by atomic mass is 10.0. The fraction of sp³-hybridized carbons (Fsp3) is 1.00. The van der Waals surface area contributed by atoms with E-state index in [-0.39, 0.29) is 0 Å². The Morgan fingerprint density at radius 1 is 1.27 bits per heavy atom. The van der Waals surface area contributed by atoms with Gasteiger partial charge in [-0.25, -0.2) is 0 Å². The molecule has 6 rings (SSSR count). The molecule has 11 heavy (non-hydrogen) atoms. The first-order valence-electron chi connectivity index (χ1n) is 4.92. The maximum absolute atomic E-state index is 2.75. The monoisotopic (exact) mass is 148 g/mol. The molecule has 0 aromatic heterocycles. The standard InChI is InChI=1S/C9H12N2/c1-2-10(1)4-9-3-5(9)6-7-8(9)11(6)7/h5-8H,1-4H2. The van der Waals surface area contributed by atoms with Crippen LogP contribution in [-0.4, -0.2) is 47.6 Å². The molecule has 0 aromatic carbocycles. The molecule has 6 aliphatic rings. The van der Waals surface area contributed by atoms with Gasteiger partial charge in [0, 0.05) is 43.2 Å². The van der Waals surface area contributed by atoms with Crippen LogP contribution in [0.5, 0.6) is 0 Å². The summed E-state index contributed by atoms with van der Waals surface area (Å²) in [5, 5.41) is 0. The summed E-state index contributed by atoms with van der Waals surface area (Å²) in [6.07, 6.45) is 1.59. The molecule has 4 aliphatic heterocycles. The third-order valence-electron chi connectivity index (χ3n) is 4.74. The second kappa shape index (κ2) is 1.01. The van der Waals surface area contributed by atoms with E-state index in [0.717, 1.165) is 29.5 Å². The zero-order valence-corrected chi connectivity index (χ0v) is 6.53. The van der Waals surface area contributed by atoms with E-state index in [9.17, 15) is 0 Å². The predicted octanol–water partition coefficient (Wildman–Crippen LogP) is -0.243. The molecule has 4 heterocycles. The highest BCUT2D eigenvalue weighted by atomic mass is 15.6. The lowest BCUT2D eigenvalue weighted by Gasteiger charge is -2.12. The Bertz CT molecular complexity index is 259. The van der Waals surface area contributed by atoms with Crippen molar-refractivity contribution in [2.75, 3.05) is 19.6 Å². The molecule has 0 spiro atoms. The summed E-state index contributed by atoms with van der Waals surface area (Å²) in [6.45, 7) is 4.26. The quantitative estimate of drug-likeness (QED) is 0.498. The second-order valence-electron chi connectivity index (χ2n) is 5.19. The van der Waals surface area contributed by atoms with Crippen molar-refractivity contribution in [2.45, 2.75) is 24.5 Å². The zero-order chi connectivity index (χ0) is 6.79. The zero-order valence-electron chi connectivity index (χ0n) is 6.53. The van der Waals surface area contributed by atoms with Crippen LogP contribution in [0.3, 0.4) is 0 Å². The fourth-order valence-electron chi connectivity index (χ4n) is 3.98. The number of hydrogen-bond acceptors (Lipinski definition) is 2. The first-order chi connectivity index (χ1) is 5.42. The molecule has 0 aromatic rings. The van der Waals surface area contributed by atoms with E-state index in [0.29, 0.717) is 0 Å². The van der Waals surface area contributed by atoms with Crippen LogP contribution in [0.15, 0.2) is 0 Å². The number of nitrogens with zero attached hydrogens (tertiary/aromatic N) is 2. The summed E-state index contributed by atoms with van der Waals surface area (Å²) in [4.78, 5) is 5.37. The fourth-order valence-corrected chi connectivity index (χ4v) is 3.98. The third-order valence-corrected chi connectivity index (χ3v) is 4.74. The smallest absolute Gasteiger partial charge is 0.0424 e. The Morgan fingerprint density at radius 3 is 2.64 bits per heavy atom. The van der Waals surface area contributed by atoms with Crippen molar-refractivity contribution in [1.82, 2.24) is 9.80 Å². The van der Waals surface area contributed by atoms with Gasteiger partial charge >= 0.3 is 0 Å². The normalized spacial score (nSPS) is 79.1. The minimum atomic E-state index is 0.867. The van der Waals surface area contributed by atoms with E-state index in [1.807, 2.05) is 0 Å². The molecule has 4 saturated heterocycles. The van der Waals surface area contributed by atoms with Crippen molar-refractivity contribution in [3.8, 4) is 0 Å². The molecule has 0 radical (unpaired) electrons. The summed E-state index contributed by atoms with van der Waals surface area (Å²) in [5.74, 6) is 1.16. The van der Waals surface area contributed by atoms with Crippen molar-refractivity contribution in [3.63, 3.8) is 0 Å². The molecule has 0 N–H and O–H groups in total. The molecule has 2 nitrogen and oxygen atoms in total. The molecule has 6 unspecified atom stereocenters. The van der Waals surface area contributed by atoms with Crippen LogP contribution in [-0.2, 0) is 0 Å². The Kier molecular flexibility index (Phi) is 0.444. The van der Waals surface area contributed by atoms with Gasteiger partial charge in [0.1, 0.15) is 0 Å². The summed E-state index contributed by atoms with van der Waals surface area (Å²) < 4.78 is 0. The number of piperidine rings is 2. The van der Waals surface area contributed by atoms with Crippen LogP contribution in [0.2, 0.25) is 0 Å². The van der Waals surface area contributed by atoms with Crippen molar-refractivity contribution in [2.24, 2.45) is 11.3 Å². The average molecular weight is 148 g/mol. The minimum absolute atomic E-state index is 0.867. The van der Waals surface area contributed by atoms with E-state index in [1.165, 1.54) is 19.6 Å². The van der Waals surface area contributed by atoms with Crippen LogP contribution in [0.25, 0.3) is 0 Å². The van der Waals surface area contributed by atoms with Crippen LogP contribution in [0.1, 0.15) is 6.42 Å². The van der Waals surface area contributed by atoms with Gasteiger partial charge in [-0.3, -0.25) is 4.90 Å². The Morgan fingerprint density at radius 2 is 2.09 bits per heavy atom. The van der Waals surface area contributed by atoms with Crippen molar-refractivity contribution < 1.29 is 0 Å². The molecule has 2 saturated carbocycles. The number of hydrogen-bond donors (Lipinski definition) is 0. The van der Waals surface area contributed by atoms with Gasteiger partial charge in [0.25, 0.3) is 0 Å². The summed E-state index contributed by atoms with van der Waals surface area (Å²) in [5.41, 5.74) is 0.867. The minimum Gasteiger partial charge on any atom is -0.300 e. The van der Waals surface area contributed by atoms with Crippen LogP contribution >= 0.6 is 0 Å². The van der Waals surface area contributed by atoms with Gasteiger partial charge in [0.2, 0.25) is 0 Å². The van der Waals surface area contributed by atoms with Crippen molar-refractivity contribution in [3.05, 3.63) is 0 Å². The Hall–Kier alpha value is -0.0800. The molecular formula is C9H12N2. The molecule has 2 bridgehead atoms.